The third-order valence-electron chi connectivity index (χ3n) is 3.20. The highest BCUT2D eigenvalue weighted by Gasteiger charge is 2.25. The number of amides is 2. The highest BCUT2D eigenvalue weighted by molar-refractivity contribution is 5.86. The highest BCUT2D eigenvalue weighted by atomic mass is 16.2. The van der Waals surface area contributed by atoms with Gasteiger partial charge in [-0.3, -0.25) is 9.59 Å². The Bertz CT molecular complexity index is 474. The molecule has 0 aliphatic carbocycles. The minimum absolute atomic E-state index is 0.0271. The summed E-state index contributed by atoms with van der Waals surface area (Å²) in [6.45, 7) is 3.20. The summed E-state index contributed by atoms with van der Waals surface area (Å²) in [6.07, 6.45) is 0.795. The molecular weight excluding hydrogens is 242 g/mol. The van der Waals surface area contributed by atoms with Crippen LogP contribution in [-0.4, -0.2) is 31.4 Å². The Morgan fingerprint density at radius 3 is 2.79 bits per heavy atom. The molecule has 1 aliphatic rings. The van der Waals surface area contributed by atoms with E-state index in [1.54, 1.807) is 0 Å². The number of anilines is 1. The zero-order valence-electron chi connectivity index (χ0n) is 11.0. The maximum atomic E-state index is 12.2. The maximum absolute atomic E-state index is 12.2. The second kappa shape index (κ2) is 6.22. The van der Waals surface area contributed by atoms with Crippen LogP contribution in [0.3, 0.4) is 0 Å². The van der Waals surface area contributed by atoms with Crippen LogP contribution in [0.1, 0.15) is 24.8 Å². The molecule has 0 bridgehead atoms. The normalized spacial score (nSPS) is 17.0. The van der Waals surface area contributed by atoms with E-state index in [-0.39, 0.29) is 17.7 Å². The van der Waals surface area contributed by atoms with Gasteiger partial charge in [0.25, 0.3) is 0 Å². The van der Waals surface area contributed by atoms with Gasteiger partial charge >= 0.3 is 0 Å². The molecule has 3 N–H and O–H groups in total. The fourth-order valence-corrected chi connectivity index (χ4v) is 2.29. The Kier molecular flexibility index (Phi) is 4.39. The van der Waals surface area contributed by atoms with E-state index in [0.29, 0.717) is 13.1 Å². The van der Waals surface area contributed by atoms with Crippen LogP contribution in [0, 0.1) is 0 Å². The summed E-state index contributed by atoms with van der Waals surface area (Å²) < 4.78 is 0. The molecular formula is C14H19N3O2. The van der Waals surface area contributed by atoms with Crippen LogP contribution < -0.4 is 16.0 Å². The SMILES string of the molecule is CC(=O)NCCNC(=O)C1CCNc2ccccc21. The van der Waals surface area contributed by atoms with E-state index in [1.165, 1.54) is 6.92 Å². The lowest BCUT2D eigenvalue weighted by Gasteiger charge is -2.25. The number of rotatable bonds is 4. The summed E-state index contributed by atoms with van der Waals surface area (Å²) in [5.41, 5.74) is 2.08. The number of nitrogens with one attached hydrogen (secondary N) is 3. The Hall–Kier alpha value is -2.04. The second-order valence-corrected chi connectivity index (χ2v) is 4.63. The van der Waals surface area contributed by atoms with Gasteiger partial charge < -0.3 is 16.0 Å². The van der Waals surface area contributed by atoms with Gasteiger partial charge in [0, 0.05) is 32.2 Å². The van der Waals surface area contributed by atoms with E-state index in [9.17, 15) is 9.59 Å². The fourth-order valence-electron chi connectivity index (χ4n) is 2.29. The molecule has 0 saturated heterocycles. The van der Waals surface area contributed by atoms with Crippen molar-refractivity contribution in [2.45, 2.75) is 19.3 Å². The van der Waals surface area contributed by atoms with E-state index >= 15 is 0 Å². The lowest BCUT2D eigenvalue weighted by Crippen LogP contribution is -2.37. The Morgan fingerprint density at radius 2 is 2.00 bits per heavy atom. The lowest BCUT2D eigenvalue weighted by atomic mass is 9.90. The smallest absolute Gasteiger partial charge is 0.227 e. The standard InChI is InChI=1S/C14H19N3O2/c1-10(18)15-8-9-17-14(19)12-6-7-16-13-5-3-2-4-11(12)13/h2-5,12,16H,6-9H2,1H3,(H,15,18)(H,17,19). The van der Waals surface area contributed by atoms with Gasteiger partial charge in [0.1, 0.15) is 0 Å². The van der Waals surface area contributed by atoms with Crippen molar-refractivity contribution in [3.05, 3.63) is 29.8 Å². The van der Waals surface area contributed by atoms with E-state index in [4.69, 9.17) is 0 Å². The third-order valence-corrected chi connectivity index (χ3v) is 3.20. The first-order valence-electron chi connectivity index (χ1n) is 6.53. The summed E-state index contributed by atoms with van der Waals surface area (Å²) in [5, 5.41) is 8.82. The van der Waals surface area contributed by atoms with Gasteiger partial charge in [-0.05, 0) is 18.1 Å². The first kappa shape index (κ1) is 13.4. The second-order valence-electron chi connectivity index (χ2n) is 4.63. The monoisotopic (exact) mass is 261 g/mol. The summed E-state index contributed by atoms with van der Waals surface area (Å²) in [6, 6.07) is 7.89. The van der Waals surface area contributed by atoms with Gasteiger partial charge in [0.2, 0.25) is 11.8 Å². The molecule has 19 heavy (non-hydrogen) atoms. The molecule has 2 amide bonds. The van der Waals surface area contributed by atoms with Crippen molar-refractivity contribution in [3.63, 3.8) is 0 Å². The summed E-state index contributed by atoms with van der Waals surface area (Å²) in [5.74, 6) is -0.157. The summed E-state index contributed by atoms with van der Waals surface area (Å²) in [4.78, 5) is 22.9. The number of benzene rings is 1. The van der Waals surface area contributed by atoms with Crippen molar-refractivity contribution in [2.75, 3.05) is 25.0 Å². The van der Waals surface area contributed by atoms with Crippen LogP contribution in [-0.2, 0) is 9.59 Å². The van der Waals surface area contributed by atoms with E-state index < -0.39 is 0 Å². The van der Waals surface area contributed by atoms with Gasteiger partial charge in [0.15, 0.2) is 0 Å². The zero-order chi connectivity index (χ0) is 13.7. The van der Waals surface area contributed by atoms with Gasteiger partial charge in [0.05, 0.1) is 5.92 Å². The average Bonchev–Trinajstić information content (AvgIpc) is 2.42. The lowest BCUT2D eigenvalue weighted by molar-refractivity contribution is -0.123. The molecule has 1 aliphatic heterocycles. The molecule has 0 saturated carbocycles. The average molecular weight is 261 g/mol. The number of fused-ring (bicyclic) bond motifs is 1. The predicted molar refractivity (Wildman–Crippen MR) is 74.0 cm³/mol. The molecule has 0 radical (unpaired) electrons. The maximum Gasteiger partial charge on any atom is 0.227 e. The van der Waals surface area contributed by atoms with Crippen molar-refractivity contribution in [2.24, 2.45) is 0 Å². The Morgan fingerprint density at radius 1 is 1.26 bits per heavy atom. The minimum Gasteiger partial charge on any atom is -0.385 e. The molecule has 1 atom stereocenters. The number of carbonyl (C=O) groups is 2. The van der Waals surface area contributed by atoms with Crippen LogP contribution in [0.2, 0.25) is 0 Å². The van der Waals surface area contributed by atoms with Crippen LogP contribution in [0.25, 0.3) is 0 Å². The molecule has 1 heterocycles. The Labute approximate surface area is 112 Å². The van der Waals surface area contributed by atoms with Gasteiger partial charge in [-0.2, -0.15) is 0 Å². The predicted octanol–water partition coefficient (Wildman–Crippen LogP) is 0.838. The number of hydrogen-bond donors (Lipinski definition) is 3. The molecule has 0 aromatic heterocycles. The fraction of sp³-hybridized carbons (Fsp3) is 0.429. The topological polar surface area (TPSA) is 70.2 Å². The first-order valence-corrected chi connectivity index (χ1v) is 6.53. The van der Waals surface area contributed by atoms with E-state index in [2.05, 4.69) is 16.0 Å². The van der Waals surface area contributed by atoms with Gasteiger partial charge in [-0.25, -0.2) is 0 Å². The van der Waals surface area contributed by atoms with Crippen LogP contribution in [0.5, 0.6) is 0 Å². The van der Waals surface area contributed by atoms with Gasteiger partial charge in [-0.1, -0.05) is 18.2 Å². The molecule has 1 unspecified atom stereocenters. The highest BCUT2D eigenvalue weighted by Crippen LogP contribution is 2.31. The first-order chi connectivity index (χ1) is 9.18. The minimum atomic E-state index is -0.102. The number of carbonyl (C=O) groups excluding carboxylic acids is 2. The van der Waals surface area contributed by atoms with Crippen molar-refractivity contribution in [1.82, 2.24) is 10.6 Å². The van der Waals surface area contributed by atoms with E-state index in [0.717, 1.165) is 24.2 Å². The largest absolute Gasteiger partial charge is 0.385 e. The molecule has 102 valence electrons. The quantitative estimate of drug-likeness (QED) is 0.703. The number of para-hydroxylation sites is 1. The number of hydrogen-bond acceptors (Lipinski definition) is 3. The molecule has 5 nitrogen and oxygen atoms in total. The van der Waals surface area contributed by atoms with Crippen molar-refractivity contribution >= 4 is 17.5 Å². The zero-order valence-corrected chi connectivity index (χ0v) is 11.0. The molecule has 0 spiro atoms. The van der Waals surface area contributed by atoms with Gasteiger partial charge in [-0.15, -0.1) is 0 Å². The van der Waals surface area contributed by atoms with Crippen molar-refractivity contribution in [1.29, 1.82) is 0 Å². The Balaban J connectivity index is 1.92. The molecule has 5 heteroatoms. The van der Waals surface area contributed by atoms with Crippen molar-refractivity contribution < 1.29 is 9.59 Å². The van der Waals surface area contributed by atoms with Crippen LogP contribution >= 0.6 is 0 Å². The molecule has 2 rings (SSSR count). The van der Waals surface area contributed by atoms with Crippen molar-refractivity contribution in [3.8, 4) is 0 Å². The molecule has 0 fully saturated rings. The van der Waals surface area contributed by atoms with E-state index in [1.807, 2.05) is 24.3 Å². The molecule has 1 aromatic rings. The molecule has 1 aromatic carbocycles. The summed E-state index contributed by atoms with van der Waals surface area (Å²) >= 11 is 0. The van der Waals surface area contributed by atoms with Crippen LogP contribution in [0.4, 0.5) is 5.69 Å². The third kappa shape index (κ3) is 3.47. The summed E-state index contributed by atoms with van der Waals surface area (Å²) in [7, 11) is 0. The van der Waals surface area contributed by atoms with Crippen LogP contribution in [0.15, 0.2) is 24.3 Å².